The zero-order valence-electron chi connectivity index (χ0n) is 12.3. The third kappa shape index (κ3) is 2.28. The lowest BCUT2D eigenvalue weighted by Crippen LogP contribution is -2.56. The topological polar surface area (TPSA) is 57.0 Å². The van der Waals surface area contributed by atoms with Gasteiger partial charge < -0.3 is 4.90 Å². The number of rotatable bonds is 1. The van der Waals surface area contributed by atoms with Crippen molar-refractivity contribution in [1.82, 2.24) is 9.88 Å². The summed E-state index contributed by atoms with van der Waals surface area (Å²) in [6, 6.07) is 6.28. The molecular weight excluding hydrogens is 326 g/mol. The maximum atomic E-state index is 13.8. The quantitative estimate of drug-likeness (QED) is 0.749. The Morgan fingerprint density at radius 3 is 2.79 bits per heavy atom. The minimum absolute atomic E-state index is 0.0412. The van der Waals surface area contributed by atoms with Crippen LogP contribution in [0.2, 0.25) is 0 Å². The SMILES string of the molecule is N#CC1(C(F)(F)F)CCCN1C(=O)c1cc(F)cc2cccnc12. The van der Waals surface area contributed by atoms with E-state index in [0.29, 0.717) is 10.3 Å². The molecule has 24 heavy (non-hydrogen) atoms. The molecule has 4 nitrogen and oxygen atoms in total. The van der Waals surface area contributed by atoms with E-state index >= 15 is 0 Å². The Labute approximate surface area is 134 Å². The summed E-state index contributed by atoms with van der Waals surface area (Å²) in [4.78, 5) is 17.2. The van der Waals surface area contributed by atoms with E-state index in [2.05, 4.69) is 4.98 Å². The molecule has 1 saturated heterocycles. The molecule has 124 valence electrons. The third-order valence-corrected chi connectivity index (χ3v) is 4.18. The lowest BCUT2D eigenvalue weighted by atomic mass is 9.96. The van der Waals surface area contributed by atoms with Crippen LogP contribution in [0.25, 0.3) is 10.9 Å². The summed E-state index contributed by atoms with van der Waals surface area (Å²) in [5, 5.41) is 9.43. The first-order chi connectivity index (χ1) is 11.3. The Morgan fingerprint density at radius 2 is 2.12 bits per heavy atom. The molecular formula is C16H11F4N3O. The van der Waals surface area contributed by atoms with Gasteiger partial charge in [-0.05, 0) is 31.0 Å². The Morgan fingerprint density at radius 1 is 1.38 bits per heavy atom. The van der Waals surface area contributed by atoms with E-state index in [1.54, 1.807) is 0 Å². The molecule has 2 heterocycles. The molecule has 1 unspecified atom stereocenters. The zero-order valence-corrected chi connectivity index (χ0v) is 12.3. The first-order valence-electron chi connectivity index (χ1n) is 7.14. The average molecular weight is 337 g/mol. The van der Waals surface area contributed by atoms with Crippen molar-refractivity contribution in [3.63, 3.8) is 0 Å². The van der Waals surface area contributed by atoms with Gasteiger partial charge in [0.1, 0.15) is 11.9 Å². The van der Waals surface area contributed by atoms with Crippen molar-refractivity contribution in [2.75, 3.05) is 6.54 Å². The third-order valence-electron chi connectivity index (χ3n) is 4.18. The van der Waals surface area contributed by atoms with Gasteiger partial charge in [-0.1, -0.05) is 6.07 Å². The van der Waals surface area contributed by atoms with E-state index in [-0.39, 0.29) is 24.0 Å². The summed E-state index contributed by atoms with van der Waals surface area (Å²) in [7, 11) is 0. The summed E-state index contributed by atoms with van der Waals surface area (Å²) < 4.78 is 54.1. The smallest absolute Gasteiger partial charge is 0.312 e. The summed E-state index contributed by atoms with van der Waals surface area (Å²) in [6.45, 7) is -0.225. The van der Waals surface area contributed by atoms with Crippen molar-refractivity contribution in [2.24, 2.45) is 0 Å². The minimum atomic E-state index is -4.90. The number of nitrogens with zero attached hydrogens (tertiary/aromatic N) is 3. The molecule has 0 spiro atoms. The molecule has 1 amide bonds. The minimum Gasteiger partial charge on any atom is -0.312 e. The van der Waals surface area contributed by atoms with Gasteiger partial charge in [-0.2, -0.15) is 18.4 Å². The highest BCUT2D eigenvalue weighted by atomic mass is 19.4. The van der Waals surface area contributed by atoms with E-state index in [1.165, 1.54) is 24.4 Å². The monoisotopic (exact) mass is 337 g/mol. The molecule has 1 aliphatic rings. The average Bonchev–Trinajstić information content (AvgIpc) is 2.98. The molecule has 0 bridgehead atoms. The Balaban J connectivity index is 2.15. The number of fused-ring (bicyclic) bond motifs is 1. The molecule has 3 rings (SSSR count). The van der Waals surface area contributed by atoms with Gasteiger partial charge in [0, 0.05) is 18.1 Å². The lowest BCUT2D eigenvalue weighted by Gasteiger charge is -2.34. The fraction of sp³-hybridized carbons (Fsp3) is 0.312. The Hall–Kier alpha value is -2.69. The molecule has 8 heteroatoms. The van der Waals surface area contributed by atoms with Gasteiger partial charge in [0.05, 0.1) is 11.1 Å². The molecule has 1 aliphatic heterocycles. The van der Waals surface area contributed by atoms with E-state index in [9.17, 15) is 22.4 Å². The van der Waals surface area contributed by atoms with Crippen molar-refractivity contribution in [2.45, 2.75) is 24.6 Å². The standard InChI is InChI=1S/C16H11F4N3O/c17-11-7-10-3-1-5-22-13(10)12(8-11)14(24)23-6-2-4-15(23,9-21)16(18,19)20/h1,3,5,7-8H,2,4,6H2. The number of halogens is 4. The second-order valence-electron chi connectivity index (χ2n) is 5.56. The first-order valence-corrected chi connectivity index (χ1v) is 7.14. The number of pyridine rings is 1. The van der Waals surface area contributed by atoms with Gasteiger partial charge in [-0.15, -0.1) is 0 Å². The molecule has 0 N–H and O–H groups in total. The zero-order chi connectivity index (χ0) is 17.5. The molecule has 1 aromatic carbocycles. The summed E-state index contributed by atoms with van der Waals surface area (Å²) in [6.07, 6.45) is -3.99. The Kier molecular flexibility index (Phi) is 3.67. The largest absolute Gasteiger partial charge is 0.425 e. The number of hydrogen-bond donors (Lipinski definition) is 0. The summed E-state index contributed by atoms with van der Waals surface area (Å²) in [5.74, 6) is -1.80. The van der Waals surface area contributed by atoms with Crippen LogP contribution in [0, 0.1) is 17.1 Å². The van der Waals surface area contributed by atoms with Crippen LogP contribution in [-0.2, 0) is 0 Å². The lowest BCUT2D eigenvalue weighted by molar-refractivity contribution is -0.195. The van der Waals surface area contributed by atoms with Gasteiger partial charge in [0.2, 0.25) is 5.54 Å². The van der Waals surface area contributed by atoms with E-state index in [1.807, 2.05) is 0 Å². The van der Waals surface area contributed by atoms with Crippen LogP contribution >= 0.6 is 0 Å². The molecule has 1 atom stereocenters. The van der Waals surface area contributed by atoms with E-state index < -0.39 is 29.9 Å². The highest BCUT2D eigenvalue weighted by Gasteiger charge is 2.63. The summed E-state index contributed by atoms with van der Waals surface area (Å²) in [5.41, 5.74) is -3.07. The number of likely N-dealkylation sites (tertiary alicyclic amines) is 1. The fourth-order valence-corrected chi connectivity index (χ4v) is 3.03. The van der Waals surface area contributed by atoms with Crippen LogP contribution in [0.15, 0.2) is 30.5 Å². The second kappa shape index (κ2) is 5.44. The van der Waals surface area contributed by atoms with Crippen LogP contribution in [0.4, 0.5) is 17.6 Å². The molecule has 0 aliphatic carbocycles. The molecule has 0 saturated carbocycles. The van der Waals surface area contributed by atoms with Crippen molar-refractivity contribution in [3.05, 3.63) is 41.8 Å². The van der Waals surface area contributed by atoms with Crippen LogP contribution < -0.4 is 0 Å². The maximum absolute atomic E-state index is 13.8. The molecule has 1 aromatic heterocycles. The molecule has 0 radical (unpaired) electrons. The Bertz CT molecular complexity index is 859. The molecule has 1 fully saturated rings. The number of carbonyl (C=O) groups excluding carboxylic acids is 1. The van der Waals surface area contributed by atoms with Crippen molar-refractivity contribution in [3.8, 4) is 6.07 Å². The van der Waals surface area contributed by atoms with Gasteiger partial charge >= 0.3 is 6.18 Å². The predicted octanol–water partition coefficient (Wildman–Crippen LogP) is 3.43. The number of alkyl halides is 3. The highest BCUT2D eigenvalue weighted by molar-refractivity contribution is 6.06. The van der Waals surface area contributed by atoms with Crippen molar-refractivity contribution < 1.29 is 22.4 Å². The second-order valence-corrected chi connectivity index (χ2v) is 5.56. The van der Waals surface area contributed by atoms with Crippen LogP contribution in [0.5, 0.6) is 0 Å². The van der Waals surface area contributed by atoms with Crippen molar-refractivity contribution in [1.29, 1.82) is 5.26 Å². The highest BCUT2D eigenvalue weighted by Crippen LogP contribution is 2.43. The van der Waals surface area contributed by atoms with Gasteiger partial charge in [0.25, 0.3) is 5.91 Å². The number of carbonyl (C=O) groups is 1. The van der Waals surface area contributed by atoms with Crippen LogP contribution in [0.3, 0.4) is 0 Å². The normalized spacial score (nSPS) is 21.0. The van der Waals surface area contributed by atoms with Gasteiger partial charge in [-0.25, -0.2) is 4.39 Å². The van der Waals surface area contributed by atoms with Crippen molar-refractivity contribution >= 4 is 16.8 Å². The van der Waals surface area contributed by atoms with E-state index in [4.69, 9.17) is 5.26 Å². The first kappa shape index (κ1) is 16.2. The van der Waals surface area contributed by atoms with Crippen LogP contribution in [0.1, 0.15) is 23.2 Å². The predicted molar refractivity (Wildman–Crippen MR) is 76.4 cm³/mol. The number of hydrogen-bond acceptors (Lipinski definition) is 3. The number of aromatic nitrogens is 1. The maximum Gasteiger partial charge on any atom is 0.425 e. The summed E-state index contributed by atoms with van der Waals surface area (Å²) >= 11 is 0. The van der Waals surface area contributed by atoms with E-state index in [0.717, 1.165) is 12.1 Å². The van der Waals surface area contributed by atoms with Gasteiger partial charge in [0.15, 0.2) is 0 Å². The number of amides is 1. The number of benzene rings is 1. The number of nitriles is 1. The van der Waals surface area contributed by atoms with Crippen LogP contribution in [-0.4, -0.2) is 34.1 Å². The molecule has 2 aromatic rings. The fourth-order valence-electron chi connectivity index (χ4n) is 3.03. The van der Waals surface area contributed by atoms with Gasteiger partial charge in [-0.3, -0.25) is 9.78 Å².